The van der Waals surface area contributed by atoms with E-state index in [2.05, 4.69) is 44.9 Å². The largest absolute Gasteiger partial charge is 0.493 e. The molecule has 0 saturated carbocycles. The zero-order valence-electron chi connectivity index (χ0n) is 16.5. The highest BCUT2D eigenvalue weighted by Gasteiger charge is 2.11. The summed E-state index contributed by atoms with van der Waals surface area (Å²) in [7, 11) is 1.62. The van der Waals surface area contributed by atoms with Crippen LogP contribution in [0.3, 0.4) is 0 Å². The second-order valence-electron chi connectivity index (χ2n) is 6.27. The van der Waals surface area contributed by atoms with Gasteiger partial charge in [-0.25, -0.2) is 0 Å². The summed E-state index contributed by atoms with van der Waals surface area (Å²) in [5.74, 6) is 2.11. The normalized spacial score (nSPS) is 11.6. The maximum absolute atomic E-state index is 5.99. The zero-order chi connectivity index (χ0) is 21.2. The smallest absolute Gasteiger partial charge is 0.180 e. The van der Waals surface area contributed by atoms with E-state index in [4.69, 9.17) is 15.2 Å². The molecule has 0 unspecified atom stereocenters. The van der Waals surface area contributed by atoms with E-state index in [0.29, 0.717) is 23.3 Å². The highest BCUT2D eigenvalue weighted by atomic mass is 127. The van der Waals surface area contributed by atoms with Gasteiger partial charge in [-0.3, -0.25) is 0 Å². The number of methoxy groups -OCH3 is 1. The standard InChI is InChI=1S/C23H22IN3O2S/c1-28-21-13-19(12-20(24)22(21)29-15-17-8-4-2-5-9-17)14-26-27-23(25)30-16-18-10-6-3-7-11-18/h2-14H,15-16H2,1H3,(H2,25,27). The Hall–Kier alpha value is -2.52. The first-order chi connectivity index (χ1) is 14.7. The molecule has 0 atom stereocenters. The summed E-state index contributed by atoms with van der Waals surface area (Å²) in [6.07, 6.45) is 1.65. The number of thioether (sulfide) groups is 1. The van der Waals surface area contributed by atoms with E-state index in [9.17, 15) is 0 Å². The van der Waals surface area contributed by atoms with Crippen LogP contribution in [-0.2, 0) is 12.4 Å². The van der Waals surface area contributed by atoms with Crippen molar-refractivity contribution >= 4 is 45.7 Å². The van der Waals surface area contributed by atoms with Crippen LogP contribution in [0.4, 0.5) is 0 Å². The van der Waals surface area contributed by atoms with E-state index in [1.54, 1.807) is 13.3 Å². The van der Waals surface area contributed by atoms with Gasteiger partial charge in [-0.1, -0.05) is 72.4 Å². The van der Waals surface area contributed by atoms with Crippen molar-refractivity contribution in [2.24, 2.45) is 15.9 Å². The third kappa shape index (κ3) is 6.77. The average molecular weight is 531 g/mol. The lowest BCUT2D eigenvalue weighted by Gasteiger charge is -2.13. The third-order valence-corrected chi connectivity index (χ3v) is 5.73. The van der Waals surface area contributed by atoms with Gasteiger partial charge in [0.2, 0.25) is 0 Å². The molecular weight excluding hydrogens is 509 g/mol. The molecule has 0 spiro atoms. The molecule has 0 heterocycles. The van der Waals surface area contributed by atoms with Gasteiger partial charge in [0.15, 0.2) is 16.7 Å². The monoisotopic (exact) mass is 531 g/mol. The quantitative estimate of drug-likeness (QED) is 0.181. The van der Waals surface area contributed by atoms with Crippen LogP contribution in [-0.4, -0.2) is 18.5 Å². The number of amidine groups is 1. The molecule has 0 saturated heterocycles. The van der Waals surface area contributed by atoms with Gasteiger partial charge in [-0.2, -0.15) is 5.10 Å². The van der Waals surface area contributed by atoms with Gasteiger partial charge in [0.05, 0.1) is 16.9 Å². The predicted molar refractivity (Wildman–Crippen MR) is 133 cm³/mol. The van der Waals surface area contributed by atoms with Crippen molar-refractivity contribution in [3.8, 4) is 11.5 Å². The summed E-state index contributed by atoms with van der Waals surface area (Å²) in [5.41, 5.74) is 9.08. The van der Waals surface area contributed by atoms with E-state index < -0.39 is 0 Å². The summed E-state index contributed by atoms with van der Waals surface area (Å²) in [5, 5.41) is 8.60. The minimum atomic E-state index is 0.416. The summed E-state index contributed by atoms with van der Waals surface area (Å²) in [6.45, 7) is 0.472. The molecule has 0 aliphatic heterocycles. The lowest BCUT2D eigenvalue weighted by atomic mass is 10.2. The molecule has 30 heavy (non-hydrogen) atoms. The SMILES string of the molecule is COc1cc(C=NN=C(N)SCc2ccccc2)cc(I)c1OCc1ccccc1. The summed E-state index contributed by atoms with van der Waals surface area (Å²) in [6, 6.07) is 24.0. The number of halogens is 1. The molecule has 0 radical (unpaired) electrons. The Balaban J connectivity index is 1.63. The highest BCUT2D eigenvalue weighted by Crippen LogP contribution is 2.34. The van der Waals surface area contributed by atoms with Crippen molar-refractivity contribution in [3.05, 3.63) is 93.1 Å². The van der Waals surface area contributed by atoms with E-state index in [-0.39, 0.29) is 0 Å². The molecule has 0 bridgehead atoms. The number of nitrogens with zero attached hydrogens (tertiary/aromatic N) is 2. The van der Waals surface area contributed by atoms with E-state index >= 15 is 0 Å². The van der Waals surface area contributed by atoms with Crippen molar-refractivity contribution in [2.45, 2.75) is 12.4 Å². The molecule has 3 aromatic rings. The van der Waals surface area contributed by atoms with Crippen molar-refractivity contribution < 1.29 is 9.47 Å². The Morgan fingerprint density at radius 1 is 1.03 bits per heavy atom. The van der Waals surface area contributed by atoms with Gasteiger partial charge in [0.25, 0.3) is 0 Å². The van der Waals surface area contributed by atoms with Gasteiger partial charge in [0.1, 0.15) is 6.61 Å². The average Bonchev–Trinajstić information content (AvgIpc) is 2.78. The number of ether oxygens (including phenoxy) is 2. The Morgan fingerprint density at radius 2 is 1.70 bits per heavy atom. The summed E-state index contributed by atoms with van der Waals surface area (Å²) < 4.78 is 12.4. The van der Waals surface area contributed by atoms with Gasteiger partial charge < -0.3 is 15.2 Å². The van der Waals surface area contributed by atoms with Gasteiger partial charge in [0, 0.05) is 5.75 Å². The Labute approximate surface area is 194 Å². The number of rotatable bonds is 8. The van der Waals surface area contributed by atoms with Gasteiger partial charge in [-0.05, 0) is 51.4 Å². The molecule has 7 heteroatoms. The maximum atomic E-state index is 5.99. The first-order valence-electron chi connectivity index (χ1n) is 9.23. The van der Waals surface area contributed by atoms with E-state index in [0.717, 1.165) is 20.4 Å². The Kier molecular flexibility index (Phi) is 8.58. The number of nitrogens with two attached hydrogens (primary N) is 1. The third-order valence-electron chi connectivity index (χ3n) is 4.07. The molecule has 0 aliphatic rings. The molecule has 3 aromatic carbocycles. The molecule has 2 N–H and O–H groups in total. The second kappa shape index (κ2) is 11.6. The molecule has 5 nitrogen and oxygen atoms in total. The number of hydrogen-bond donors (Lipinski definition) is 1. The second-order valence-corrected chi connectivity index (χ2v) is 8.42. The van der Waals surface area contributed by atoms with Crippen LogP contribution in [0.25, 0.3) is 0 Å². The molecule has 0 amide bonds. The Bertz CT molecular complexity index is 1010. The fraction of sp³-hybridized carbons (Fsp3) is 0.130. The van der Waals surface area contributed by atoms with Crippen molar-refractivity contribution in [2.75, 3.05) is 7.11 Å². The van der Waals surface area contributed by atoms with Crippen LogP contribution in [0.1, 0.15) is 16.7 Å². The van der Waals surface area contributed by atoms with Gasteiger partial charge >= 0.3 is 0 Å². The van der Waals surface area contributed by atoms with Gasteiger partial charge in [-0.15, -0.1) is 5.10 Å². The minimum Gasteiger partial charge on any atom is -0.493 e. The summed E-state index contributed by atoms with van der Waals surface area (Å²) >= 11 is 3.68. The van der Waals surface area contributed by atoms with Crippen LogP contribution >= 0.6 is 34.4 Å². The highest BCUT2D eigenvalue weighted by molar-refractivity contribution is 14.1. The van der Waals surface area contributed by atoms with Crippen molar-refractivity contribution in [1.29, 1.82) is 0 Å². The first kappa shape index (κ1) is 22.2. The van der Waals surface area contributed by atoms with E-state index in [1.165, 1.54) is 17.3 Å². The predicted octanol–water partition coefficient (Wildman–Crippen LogP) is 5.46. The molecule has 0 aliphatic carbocycles. The van der Waals surface area contributed by atoms with E-state index in [1.807, 2.05) is 60.7 Å². The molecule has 3 rings (SSSR count). The molecule has 154 valence electrons. The van der Waals surface area contributed by atoms with Crippen LogP contribution in [0, 0.1) is 3.57 Å². The molecule has 0 aromatic heterocycles. The van der Waals surface area contributed by atoms with Crippen LogP contribution in [0.15, 0.2) is 83.0 Å². The van der Waals surface area contributed by atoms with Crippen LogP contribution in [0.5, 0.6) is 11.5 Å². The number of benzene rings is 3. The lowest BCUT2D eigenvalue weighted by Crippen LogP contribution is -2.06. The number of hydrogen-bond acceptors (Lipinski definition) is 5. The van der Waals surface area contributed by atoms with Crippen LogP contribution < -0.4 is 15.2 Å². The minimum absolute atomic E-state index is 0.416. The summed E-state index contributed by atoms with van der Waals surface area (Å²) in [4.78, 5) is 0. The van der Waals surface area contributed by atoms with Crippen molar-refractivity contribution in [3.63, 3.8) is 0 Å². The molecule has 0 fully saturated rings. The lowest BCUT2D eigenvalue weighted by molar-refractivity contribution is 0.282. The fourth-order valence-corrected chi connectivity index (χ4v) is 3.99. The first-order valence-corrected chi connectivity index (χ1v) is 11.3. The fourth-order valence-electron chi connectivity index (χ4n) is 2.60. The maximum Gasteiger partial charge on any atom is 0.180 e. The van der Waals surface area contributed by atoms with Crippen molar-refractivity contribution in [1.82, 2.24) is 0 Å². The molecular formula is C23H22IN3O2S. The topological polar surface area (TPSA) is 69.2 Å². The van der Waals surface area contributed by atoms with Crippen LogP contribution in [0.2, 0.25) is 0 Å². The Morgan fingerprint density at radius 3 is 2.37 bits per heavy atom. The zero-order valence-corrected chi connectivity index (χ0v) is 19.5.